The average molecular weight is 280 g/mol. The summed E-state index contributed by atoms with van der Waals surface area (Å²) in [5, 5.41) is 11.9. The first-order valence-corrected chi connectivity index (χ1v) is 6.28. The monoisotopic (exact) mass is 280 g/mol. The molecule has 0 atom stereocenters. The van der Waals surface area contributed by atoms with Crippen LogP contribution >= 0.6 is 0 Å². The molecule has 4 N–H and O–H groups in total. The minimum atomic E-state index is -1.13. The smallest absolute Gasteiger partial charge is 0.339 e. The number of carboxylic acid groups (broad SMARTS) is 1. The Bertz CT molecular complexity index is 502. The lowest BCUT2D eigenvalue weighted by atomic mass is 10.2. The highest BCUT2D eigenvalue weighted by Crippen LogP contribution is 2.18. The summed E-state index contributed by atoms with van der Waals surface area (Å²) in [7, 11) is 1.61. The van der Waals surface area contributed by atoms with Crippen LogP contribution < -0.4 is 16.0 Å². The van der Waals surface area contributed by atoms with Crippen molar-refractivity contribution in [2.45, 2.75) is 13.8 Å². The van der Waals surface area contributed by atoms with Crippen molar-refractivity contribution in [2.24, 2.45) is 5.92 Å². The van der Waals surface area contributed by atoms with Gasteiger partial charge in [0.25, 0.3) is 0 Å². The highest BCUT2D eigenvalue weighted by atomic mass is 16.4. The van der Waals surface area contributed by atoms with Crippen LogP contribution in [0.1, 0.15) is 24.2 Å². The third-order valence-corrected chi connectivity index (χ3v) is 2.57. The molecule has 0 aromatic carbocycles. The van der Waals surface area contributed by atoms with Gasteiger partial charge < -0.3 is 21.1 Å². The molecule has 0 spiro atoms. The number of amides is 1. The van der Waals surface area contributed by atoms with E-state index < -0.39 is 5.97 Å². The first kappa shape index (κ1) is 15.7. The van der Waals surface area contributed by atoms with Crippen molar-refractivity contribution in [1.29, 1.82) is 0 Å². The summed E-state index contributed by atoms with van der Waals surface area (Å²) in [6.07, 6.45) is 1.37. The summed E-state index contributed by atoms with van der Waals surface area (Å²) in [6, 6.07) is 1.33. The van der Waals surface area contributed by atoms with Crippen molar-refractivity contribution in [3.63, 3.8) is 0 Å². The van der Waals surface area contributed by atoms with Crippen molar-refractivity contribution in [3.8, 4) is 0 Å². The number of carbonyl (C=O) groups is 2. The normalized spacial score (nSPS) is 10.4. The molecule has 7 nitrogen and oxygen atoms in total. The molecule has 7 heteroatoms. The molecule has 1 aromatic rings. The molecular formula is C13H20N4O3. The fraction of sp³-hybridized carbons (Fsp3) is 0.462. The Morgan fingerprint density at radius 2 is 2.15 bits per heavy atom. The molecule has 1 amide bonds. The number of nitrogens with zero attached hydrogens (tertiary/aromatic N) is 2. The number of carbonyl (C=O) groups excluding carboxylic acids is 1. The van der Waals surface area contributed by atoms with Crippen LogP contribution in [0.5, 0.6) is 0 Å². The predicted molar refractivity (Wildman–Crippen MR) is 76.7 cm³/mol. The number of aromatic carboxylic acids is 1. The van der Waals surface area contributed by atoms with Gasteiger partial charge in [-0.2, -0.15) is 0 Å². The quantitative estimate of drug-likeness (QED) is 0.703. The lowest BCUT2D eigenvalue weighted by Crippen LogP contribution is -2.37. The molecule has 0 radical (unpaired) electrons. The predicted octanol–water partition coefficient (Wildman–Crippen LogP) is 0.570. The number of nitrogen functional groups attached to an aromatic ring is 1. The molecule has 1 rings (SSSR count). The van der Waals surface area contributed by atoms with E-state index in [1.54, 1.807) is 7.05 Å². The second-order valence-electron chi connectivity index (χ2n) is 5.00. The van der Waals surface area contributed by atoms with E-state index >= 15 is 0 Å². The van der Waals surface area contributed by atoms with Crippen LogP contribution in [0.4, 0.5) is 11.5 Å². The van der Waals surface area contributed by atoms with Gasteiger partial charge in [0.05, 0.1) is 18.4 Å². The van der Waals surface area contributed by atoms with E-state index in [9.17, 15) is 9.59 Å². The Balaban J connectivity index is 2.79. The van der Waals surface area contributed by atoms with Gasteiger partial charge in [0, 0.05) is 13.6 Å². The number of nitrogens with one attached hydrogen (secondary N) is 1. The molecule has 1 aromatic heterocycles. The van der Waals surface area contributed by atoms with Gasteiger partial charge in [-0.25, -0.2) is 9.78 Å². The van der Waals surface area contributed by atoms with E-state index in [2.05, 4.69) is 10.3 Å². The van der Waals surface area contributed by atoms with Crippen molar-refractivity contribution in [1.82, 2.24) is 10.3 Å². The molecule has 0 saturated carbocycles. The van der Waals surface area contributed by atoms with E-state index in [-0.39, 0.29) is 29.5 Å². The van der Waals surface area contributed by atoms with E-state index in [0.717, 1.165) is 0 Å². The minimum absolute atomic E-state index is 0.0239. The second-order valence-corrected chi connectivity index (χ2v) is 5.00. The van der Waals surface area contributed by atoms with Crippen LogP contribution in [-0.4, -0.2) is 42.1 Å². The largest absolute Gasteiger partial charge is 0.478 e. The van der Waals surface area contributed by atoms with E-state index in [1.807, 2.05) is 13.8 Å². The standard InChI is InChI=1S/C13H20N4O3/c1-8(2)5-15-11(18)7-17(3)12-10(13(19)20)4-9(14)6-16-12/h4,6,8H,5,7,14H2,1-3H3,(H,15,18)(H,19,20). The highest BCUT2D eigenvalue weighted by Gasteiger charge is 2.17. The molecule has 0 unspecified atom stereocenters. The molecule has 0 bridgehead atoms. The fourth-order valence-corrected chi connectivity index (χ4v) is 1.60. The number of carboxylic acids is 1. The molecule has 0 aliphatic rings. The minimum Gasteiger partial charge on any atom is -0.478 e. The molecule has 110 valence electrons. The number of hydrogen-bond acceptors (Lipinski definition) is 5. The zero-order valence-corrected chi connectivity index (χ0v) is 11.9. The maximum atomic E-state index is 11.7. The zero-order valence-electron chi connectivity index (χ0n) is 11.9. The first-order valence-electron chi connectivity index (χ1n) is 6.28. The Labute approximate surface area is 117 Å². The van der Waals surface area contributed by atoms with Crippen LogP contribution in [-0.2, 0) is 4.79 Å². The van der Waals surface area contributed by atoms with Crippen molar-refractivity contribution in [3.05, 3.63) is 17.8 Å². The van der Waals surface area contributed by atoms with Crippen LogP contribution in [0, 0.1) is 5.92 Å². The summed E-state index contributed by atoms with van der Waals surface area (Å²) < 4.78 is 0. The van der Waals surface area contributed by atoms with Gasteiger partial charge >= 0.3 is 5.97 Å². The molecule has 0 fully saturated rings. The maximum absolute atomic E-state index is 11.7. The van der Waals surface area contributed by atoms with Gasteiger partial charge in [0.2, 0.25) is 5.91 Å². The number of anilines is 2. The van der Waals surface area contributed by atoms with Crippen LogP contribution in [0.3, 0.4) is 0 Å². The summed E-state index contributed by atoms with van der Waals surface area (Å²) in [5.41, 5.74) is 5.77. The number of aromatic nitrogens is 1. The van der Waals surface area contributed by atoms with Crippen molar-refractivity contribution < 1.29 is 14.7 Å². The Hall–Kier alpha value is -2.31. The molecule has 0 aliphatic carbocycles. The number of hydrogen-bond donors (Lipinski definition) is 3. The van der Waals surface area contributed by atoms with Crippen LogP contribution in [0.25, 0.3) is 0 Å². The molecule has 0 saturated heterocycles. The van der Waals surface area contributed by atoms with Crippen molar-refractivity contribution in [2.75, 3.05) is 30.8 Å². The van der Waals surface area contributed by atoms with Gasteiger partial charge in [0.1, 0.15) is 11.4 Å². The number of pyridine rings is 1. The lowest BCUT2D eigenvalue weighted by Gasteiger charge is -2.20. The van der Waals surface area contributed by atoms with Gasteiger partial charge in [-0.3, -0.25) is 4.79 Å². The summed E-state index contributed by atoms with van der Waals surface area (Å²) >= 11 is 0. The van der Waals surface area contributed by atoms with Crippen molar-refractivity contribution >= 4 is 23.4 Å². The van der Waals surface area contributed by atoms with Gasteiger partial charge in [-0.1, -0.05) is 13.8 Å². The number of rotatable bonds is 6. The van der Waals surface area contributed by atoms with E-state index in [1.165, 1.54) is 17.2 Å². The summed E-state index contributed by atoms with van der Waals surface area (Å²) in [4.78, 5) is 28.4. The topological polar surface area (TPSA) is 109 Å². The first-order chi connectivity index (χ1) is 9.31. The Kier molecular flexibility index (Phi) is 5.31. The summed E-state index contributed by atoms with van der Waals surface area (Å²) in [6.45, 7) is 4.60. The Morgan fingerprint density at radius 1 is 1.50 bits per heavy atom. The molecule has 0 aliphatic heterocycles. The SMILES string of the molecule is CC(C)CNC(=O)CN(C)c1ncc(N)cc1C(=O)O. The van der Waals surface area contributed by atoms with Gasteiger partial charge in [-0.15, -0.1) is 0 Å². The average Bonchev–Trinajstić information content (AvgIpc) is 2.35. The third kappa shape index (κ3) is 4.42. The summed E-state index contributed by atoms with van der Waals surface area (Å²) in [5.74, 6) is -0.745. The third-order valence-electron chi connectivity index (χ3n) is 2.57. The van der Waals surface area contributed by atoms with E-state index in [0.29, 0.717) is 12.5 Å². The lowest BCUT2D eigenvalue weighted by molar-refractivity contribution is -0.119. The molecular weight excluding hydrogens is 260 g/mol. The highest BCUT2D eigenvalue weighted by molar-refractivity contribution is 5.95. The van der Waals surface area contributed by atoms with Crippen LogP contribution in [0.15, 0.2) is 12.3 Å². The zero-order chi connectivity index (χ0) is 15.3. The molecule has 20 heavy (non-hydrogen) atoms. The van der Waals surface area contributed by atoms with E-state index in [4.69, 9.17) is 10.8 Å². The Morgan fingerprint density at radius 3 is 2.70 bits per heavy atom. The van der Waals surface area contributed by atoms with Gasteiger partial charge in [0.15, 0.2) is 0 Å². The van der Waals surface area contributed by atoms with Crippen LogP contribution in [0.2, 0.25) is 0 Å². The number of nitrogens with two attached hydrogens (primary N) is 1. The molecule has 1 heterocycles. The fourth-order valence-electron chi connectivity index (χ4n) is 1.60. The van der Waals surface area contributed by atoms with Gasteiger partial charge in [-0.05, 0) is 12.0 Å². The second kappa shape index (κ2) is 6.74. The number of likely N-dealkylation sites (N-methyl/N-ethyl adjacent to an activating group) is 1. The maximum Gasteiger partial charge on any atom is 0.339 e.